The molecule has 1 aromatic rings. The highest BCUT2D eigenvalue weighted by Crippen LogP contribution is 2.00. The number of hydrogen-bond donors (Lipinski definition) is 1. The molecule has 3 nitrogen and oxygen atoms in total. The van der Waals surface area contributed by atoms with E-state index in [2.05, 4.69) is 5.32 Å². The average Bonchev–Trinajstić information content (AvgIpc) is 2.17. The number of carbonyl (C=O) groups excluding carboxylic acids is 2. The maximum absolute atomic E-state index is 11.5. The number of carbonyl (C=O) groups is 2. The maximum atomic E-state index is 11.5. The van der Waals surface area contributed by atoms with E-state index in [1.54, 1.807) is 6.92 Å². The Labute approximate surface area is 95.2 Å². The fourth-order valence-corrected chi connectivity index (χ4v) is 1.39. The Morgan fingerprint density at radius 3 is 2.38 bits per heavy atom. The van der Waals surface area contributed by atoms with Crippen LogP contribution in [-0.4, -0.2) is 11.7 Å². The van der Waals surface area contributed by atoms with Crippen molar-refractivity contribution in [2.45, 2.75) is 20.3 Å². The Morgan fingerprint density at radius 1 is 1.19 bits per heavy atom. The van der Waals surface area contributed by atoms with Gasteiger partial charge in [0.25, 0.3) is 0 Å². The molecule has 1 rings (SSSR count). The number of nitrogens with one attached hydrogen (secondary N) is 1. The highest BCUT2D eigenvalue weighted by atomic mass is 16.1. The van der Waals surface area contributed by atoms with Crippen LogP contribution in [0.15, 0.2) is 42.1 Å². The van der Waals surface area contributed by atoms with E-state index in [0.717, 1.165) is 5.56 Å². The molecule has 0 aromatic heterocycles. The van der Waals surface area contributed by atoms with Crippen molar-refractivity contribution in [3.63, 3.8) is 0 Å². The van der Waals surface area contributed by atoms with Gasteiger partial charge in [0.2, 0.25) is 5.91 Å². The molecule has 0 atom stereocenters. The smallest absolute Gasteiger partial charge is 0.228 e. The van der Waals surface area contributed by atoms with E-state index < -0.39 is 0 Å². The summed E-state index contributed by atoms with van der Waals surface area (Å²) in [6.07, 6.45) is 1.73. The van der Waals surface area contributed by atoms with Crippen LogP contribution in [0.25, 0.3) is 0 Å². The van der Waals surface area contributed by atoms with Crippen molar-refractivity contribution in [2.75, 3.05) is 0 Å². The first-order chi connectivity index (χ1) is 7.58. The summed E-state index contributed by atoms with van der Waals surface area (Å²) in [5.41, 5.74) is 1.53. The third kappa shape index (κ3) is 4.55. The first-order valence-corrected chi connectivity index (χ1v) is 5.10. The van der Waals surface area contributed by atoms with Gasteiger partial charge in [-0.1, -0.05) is 30.3 Å². The highest BCUT2D eigenvalue weighted by Gasteiger charge is 2.03. The van der Waals surface area contributed by atoms with Crippen molar-refractivity contribution in [1.29, 1.82) is 0 Å². The molecule has 1 N–H and O–H groups in total. The lowest BCUT2D eigenvalue weighted by atomic mass is 10.1. The summed E-state index contributed by atoms with van der Waals surface area (Å²) in [4.78, 5) is 22.3. The first-order valence-electron chi connectivity index (χ1n) is 5.10. The number of rotatable bonds is 4. The van der Waals surface area contributed by atoms with E-state index in [9.17, 15) is 9.59 Å². The highest BCUT2D eigenvalue weighted by molar-refractivity contribution is 5.89. The summed E-state index contributed by atoms with van der Waals surface area (Å²) in [7, 11) is 0. The molecule has 0 radical (unpaired) electrons. The quantitative estimate of drug-likeness (QED) is 0.782. The molecule has 84 valence electrons. The van der Waals surface area contributed by atoms with Crippen molar-refractivity contribution in [1.82, 2.24) is 5.32 Å². The molecule has 0 saturated carbocycles. The third-order valence-electron chi connectivity index (χ3n) is 1.96. The Kier molecular flexibility index (Phi) is 4.45. The Balaban J connectivity index is 2.52. The van der Waals surface area contributed by atoms with E-state index in [-0.39, 0.29) is 11.7 Å². The van der Waals surface area contributed by atoms with Crippen molar-refractivity contribution < 1.29 is 9.59 Å². The van der Waals surface area contributed by atoms with Gasteiger partial charge < -0.3 is 5.32 Å². The molecule has 0 spiro atoms. The second-order valence-corrected chi connectivity index (χ2v) is 3.65. The molecule has 0 unspecified atom stereocenters. The van der Waals surface area contributed by atoms with Crippen LogP contribution in [-0.2, 0) is 16.0 Å². The van der Waals surface area contributed by atoms with Crippen LogP contribution >= 0.6 is 0 Å². The molecule has 0 aliphatic heterocycles. The van der Waals surface area contributed by atoms with Gasteiger partial charge in [-0.15, -0.1) is 0 Å². The predicted molar refractivity (Wildman–Crippen MR) is 62.7 cm³/mol. The fraction of sp³-hybridized carbons (Fsp3) is 0.231. The number of allylic oxidation sites excluding steroid dienone is 2. The van der Waals surface area contributed by atoms with Crippen molar-refractivity contribution in [3.05, 3.63) is 47.7 Å². The fourth-order valence-electron chi connectivity index (χ4n) is 1.39. The lowest BCUT2D eigenvalue weighted by Crippen LogP contribution is -2.23. The summed E-state index contributed by atoms with van der Waals surface area (Å²) in [6, 6.07) is 9.47. The topological polar surface area (TPSA) is 46.2 Å². The summed E-state index contributed by atoms with van der Waals surface area (Å²) in [5, 5.41) is 2.66. The lowest BCUT2D eigenvalue weighted by Gasteiger charge is -2.04. The van der Waals surface area contributed by atoms with E-state index in [0.29, 0.717) is 12.1 Å². The van der Waals surface area contributed by atoms with Crippen molar-refractivity contribution in [3.8, 4) is 0 Å². The zero-order valence-corrected chi connectivity index (χ0v) is 9.49. The normalized spacial score (nSPS) is 11.0. The van der Waals surface area contributed by atoms with Crippen LogP contribution in [0.1, 0.15) is 19.4 Å². The van der Waals surface area contributed by atoms with E-state index in [1.165, 1.54) is 13.0 Å². The van der Waals surface area contributed by atoms with E-state index in [1.807, 2.05) is 30.3 Å². The molecule has 0 aliphatic rings. The van der Waals surface area contributed by atoms with Gasteiger partial charge in [-0.2, -0.15) is 0 Å². The molecule has 0 bridgehead atoms. The lowest BCUT2D eigenvalue weighted by molar-refractivity contribution is -0.119. The molecule has 1 amide bonds. The van der Waals surface area contributed by atoms with Crippen molar-refractivity contribution >= 4 is 11.7 Å². The van der Waals surface area contributed by atoms with Crippen LogP contribution < -0.4 is 5.32 Å². The van der Waals surface area contributed by atoms with Gasteiger partial charge in [-0.05, 0) is 25.5 Å². The summed E-state index contributed by atoms with van der Waals surface area (Å²) in [6.45, 7) is 3.15. The monoisotopic (exact) mass is 217 g/mol. The van der Waals surface area contributed by atoms with Crippen LogP contribution in [0.3, 0.4) is 0 Å². The van der Waals surface area contributed by atoms with Crippen LogP contribution in [0.4, 0.5) is 0 Å². The number of hydrogen-bond acceptors (Lipinski definition) is 2. The second kappa shape index (κ2) is 5.85. The number of benzene rings is 1. The Morgan fingerprint density at radius 2 is 1.81 bits per heavy atom. The van der Waals surface area contributed by atoms with E-state index in [4.69, 9.17) is 0 Å². The van der Waals surface area contributed by atoms with Gasteiger partial charge in [-0.25, -0.2) is 0 Å². The molecular formula is C13H15NO2. The molecule has 3 heteroatoms. The predicted octanol–water partition coefficient (Wildman–Crippen LogP) is 1.84. The minimum Gasteiger partial charge on any atom is -0.330 e. The Bertz CT molecular complexity index is 407. The molecule has 0 saturated heterocycles. The number of amides is 1. The third-order valence-corrected chi connectivity index (χ3v) is 1.96. The largest absolute Gasteiger partial charge is 0.330 e. The van der Waals surface area contributed by atoms with Gasteiger partial charge in [0.1, 0.15) is 0 Å². The standard InChI is InChI=1S/C13H15NO2/c1-10(8-11(2)15)14-13(16)9-12-6-4-3-5-7-12/h3-8H,9H2,1-2H3,(H,14,16). The first kappa shape index (κ1) is 12.2. The molecule has 0 aliphatic carbocycles. The number of ketones is 1. The van der Waals surface area contributed by atoms with Gasteiger partial charge in [-0.3, -0.25) is 9.59 Å². The molecular weight excluding hydrogens is 202 g/mol. The molecule has 16 heavy (non-hydrogen) atoms. The molecule has 1 aromatic carbocycles. The summed E-state index contributed by atoms with van der Waals surface area (Å²) >= 11 is 0. The zero-order valence-electron chi connectivity index (χ0n) is 9.49. The average molecular weight is 217 g/mol. The summed E-state index contributed by atoms with van der Waals surface area (Å²) < 4.78 is 0. The van der Waals surface area contributed by atoms with Gasteiger partial charge in [0.05, 0.1) is 6.42 Å². The minimum atomic E-state index is -0.110. The second-order valence-electron chi connectivity index (χ2n) is 3.65. The SMILES string of the molecule is CC(=O)C=C(C)NC(=O)Cc1ccccc1. The molecule has 0 fully saturated rings. The van der Waals surface area contributed by atoms with Gasteiger partial charge in [0.15, 0.2) is 5.78 Å². The Hall–Kier alpha value is -1.90. The van der Waals surface area contributed by atoms with E-state index >= 15 is 0 Å². The zero-order chi connectivity index (χ0) is 12.0. The van der Waals surface area contributed by atoms with Gasteiger partial charge >= 0.3 is 0 Å². The maximum Gasteiger partial charge on any atom is 0.228 e. The van der Waals surface area contributed by atoms with Gasteiger partial charge in [0, 0.05) is 5.70 Å². The van der Waals surface area contributed by atoms with Crippen LogP contribution in [0.2, 0.25) is 0 Å². The minimum absolute atomic E-state index is 0.0717. The summed E-state index contributed by atoms with van der Waals surface area (Å²) in [5.74, 6) is -0.182. The van der Waals surface area contributed by atoms with Crippen molar-refractivity contribution in [2.24, 2.45) is 0 Å². The van der Waals surface area contributed by atoms with Crippen LogP contribution in [0, 0.1) is 0 Å². The van der Waals surface area contributed by atoms with Crippen LogP contribution in [0.5, 0.6) is 0 Å². The molecule has 0 heterocycles.